The normalized spacial score (nSPS) is 28.8. The van der Waals surface area contributed by atoms with Gasteiger partial charge >= 0.3 is 0 Å². The molecule has 1 saturated carbocycles. The lowest BCUT2D eigenvalue weighted by molar-refractivity contribution is 0.0334. The van der Waals surface area contributed by atoms with Crippen LogP contribution in [0.2, 0.25) is 0 Å². The van der Waals surface area contributed by atoms with Gasteiger partial charge in [0.05, 0.1) is 0 Å². The third kappa shape index (κ3) is 3.48. The van der Waals surface area contributed by atoms with Crippen LogP contribution in [0, 0.1) is 11.8 Å². The number of rotatable bonds is 7. The highest BCUT2D eigenvalue weighted by Crippen LogP contribution is 2.40. The molecule has 1 aliphatic carbocycles. The monoisotopic (exact) mass is 254 g/mol. The molecular weight excluding hydrogens is 220 g/mol. The van der Waals surface area contributed by atoms with E-state index in [9.17, 15) is 0 Å². The molecule has 0 aromatic carbocycles. The van der Waals surface area contributed by atoms with Gasteiger partial charge in [0.25, 0.3) is 0 Å². The van der Waals surface area contributed by atoms with Gasteiger partial charge in [-0.15, -0.1) is 0 Å². The summed E-state index contributed by atoms with van der Waals surface area (Å²) in [5.41, 5.74) is 6.51. The van der Waals surface area contributed by atoms with Gasteiger partial charge in [0.15, 0.2) is 0 Å². The van der Waals surface area contributed by atoms with Crippen molar-refractivity contribution in [3.05, 3.63) is 0 Å². The minimum Gasteiger partial charge on any atom is -0.329 e. The van der Waals surface area contributed by atoms with E-state index in [2.05, 4.69) is 39.5 Å². The predicted molar refractivity (Wildman–Crippen MR) is 80.7 cm³/mol. The lowest BCUT2D eigenvalue weighted by Gasteiger charge is -2.46. The first kappa shape index (κ1) is 16.0. The van der Waals surface area contributed by atoms with Crippen molar-refractivity contribution in [1.82, 2.24) is 4.90 Å². The fourth-order valence-corrected chi connectivity index (χ4v) is 3.78. The van der Waals surface area contributed by atoms with Crippen LogP contribution in [0.3, 0.4) is 0 Å². The molecule has 1 aliphatic rings. The van der Waals surface area contributed by atoms with E-state index in [1.165, 1.54) is 38.6 Å². The molecule has 108 valence electrons. The molecule has 2 nitrogen and oxygen atoms in total. The molecule has 0 aliphatic heterocycles. The van der Waals surface area contributed by atoms with Crippen LogP contribution in [0.5, 0.6) is 0 Å². The van der Waals surface area contributed by atoms with Crippen molar-refractivity contribution in [3.8, 4) is 0 Å². The minimum absolute atomic E-state index is 0.292. The number of nitrogens with two attached hydrogens (primary N) is 1. The minimum atomic E-state index is 0.292. The molecule has 0 aromatic heterocycles. The lowest BCUT2D eigenvalue weighted by Crippen LogP contribution is -2.57. The summed E-state index contributed by atoms with van der Waals surface area (Å²) >= 11 is 0. The Labute approximate surface area is 114 Å². The second kappa shape index (κ2) is 6.91. The van der Waals surface area contributed by atoms with Crippen molar-refractivity contribution in [2.45, 2.75) is 78.3 Å². The molecule has 2 heteroatoms. The highest BCUT2D eigenvalue weighted by atomic mass is 15.2. The maximum Gasteiger partial charge on any atom is 0.0337 e. The second-order valence-corrected chi connectivity index (χ2v) is 6.79. The van der Waals surface area contributed by atoms with Crippen LogP contribution < -0.4 is 5.73 Å². The van der Waals surface area contributed by atoms with Gasteiger partial charge in [0.1, 0.15) is 0 Å². The van der Waals surface area contributed by atoms with Gasteiger partial charge in [-0.1, -0.05) is 34.6 Å². The Morgan fingerprint density at radius 1 is 1.28 bits per heavy atom. The zero-order valence-corrected chi connectivity index (χ0v) is 13.2. The molecule has 0 amide bonds. The maximum absolute atomic E-state index is 6.21. The zero-order valence-electron chi connectivity index (χ0n) is 13.2. The molecule has 2 unspecified atom stereocenters. The average molecular weight is 254 g/mol. The summed E-state index contributed by atoms with van der Waals surface area (Å²) in [4.78, 5) is 2.78. The van der Waals surface area contributed by atoms with Crippen LogP contribution in [0.1, 0.15) is 66.7 Å². The molecule has 1 fully saturated rings. The van der Waals surface area contributed by atoms with Crippen LogP contribution in [0.15, 0.2) is 0 Å². The van der Waals surface area contributed by atoms with Crippen LogP contribution in [0.25, 0.3) is 0 Å². The zero-order chi connectivity index (χ0) is 13.8. The Balaban J connectivity index is 2.91. The SMILES string of the molecule is CCC(CC)N(CC(C)C)C1(CN)CCC(C)C1. The Hall–Kier alpha value is -0.0800. The first-order valence-corrected chi connectivity index (χ1v) is 7.95. The molecule has 0 bridgehead atoms. The van der Waals surface area contributed by atoms with E-state index in [1.54, 1.807) is 0 Å². The summed E-state index contributed by atoms with van der Waals surface area (Å²) in [5.74, 6) is 1.57. The summed E-state index contributed by atoms with van der Waals surface area (Å²) < 4.78 is 0. The van der Waals surface area contributed by atoms with Crippen LogP contribution in [-0.2, 0) is 0 Å². The molecule has 0 spiro atoms. The van der Waals surface area contributed by atoms with E-state index in [-0.39, 0.29) is 0 Å². The van der Waals surface area contributed by atoms with E-state index >= 15 is 0 Å². The van der Waals surface area contributed by atoms with E-state index in [4.69, 9.17) is 5.73 Å². The Kier molecular flexibility index (Phi) is 6.13. The first-order chi connectivity index (χ1) is 8.49. The summed E-state index contributed by atoms with van der Waals surface area (Å²) in [7, 11) is 0. The van der Waals surface area contributed by atoms with E-state index in [0.29, 0.717) is 11.6 Å². The first-order valence-electron chi connectivity index (χ1n) is 7.95. The van der Waals surface area contributed by atoms with Gasteiger partial charge in [0, 0.05) is 24.7 Å². The maximum atomic E-state index is 6.21. The number of hydrogen-bond acceptors (Lipinski definition) is 2. The Bertz CT molecular complexity index is 235. The molecule has 0 heterocycles. The quantitative estimate of drug-likeness (QED) is 0.751. The van der Waals surface area contributed by atoms with Crippen molar-refractivity contribution in [1.29, 1.82) is 0 Å². The second-order valence-electron chi connectivity index (χ2n) is 6.79. The smallest absolute Gasteiger partial charge is 0.0337 e. The van der Waals surface area contributed by atoms with Crippen molar-refractivity contribution in [3.63, 3.8) is 0 Å². The summed E-state index contributed by atoms with van der Waals surface area (Å²) in [6.45, 7) is 13.7. The molecule has 18 heavy (non-hydrogen) atoms. The summed E-state index contributed by atoms with van der Waals surface area (Å²) in [5, 5.41) is 0. The molecule has 1 rings (SSSR count). The van der Waals surface area contributed by atoms with Crippen molar-refractivity contribution in [2.75, 3.05) is 13.1 Å². The third-order valence-electron chi connectivity index (χ3n) is 4.77. The molecule has 2 atom stereocenters. The molecule has 2 N–H and O–H groups in total. The van der Waals surface area contributed by atoms with Crippen molar-refractivity contribution < 1.29 is 0 Å². The largest absolute Gasteiger partial charge is 0.329 e. The predicted octanol–water partition coefficient (Wildman–Crippen LogP) is 3.65. The van der Waals surface area contributed by atoms with Gasteiger partial charge < -0.3 is 5.73 Å². The Morgan fingerprint density at radius 3 is 2.22 bits per heavy atom. The van der Waals surface area contributed by atoms with Gasteiger partial charge in [-0.05, 0) is 43.9 Å². The highest BCUT2D eigenvalue weighted by Gasteiger charge is 2.43. The highest BCUT2D eigenvalue weighted by molar-refractivity contribution is 5.00. The van der Waals surface area contributed by atoms with Gasteiger partial charge in [-0.2, -0.15) is 0 Å². The summed E-state index contributed by atoms with van der Waals surface area (Å²) in [6, 6.07) is 0.709. The molecule has 0 saturated heterocycles. The van der Waals surface area contributed by atoms with E-state index in [1.807, 2.05) is 0 Å². The third-order valence-corrected chi connectivity index (χ3v) is 4.77. The van der Waals surface area contributed by atoms with Gasteiger partial charge in [-0.25, -0.2) is 0 Å². The molecule has 0 aromatic rings. The lowest BCUT2D eigenvalue weighted by atomic mass is 9.89. The standard InChI is InChI=1S/C16H34N2/c1-6-15(7-2)18(11-13(3)4)16(12-17)9-8-14(5)10-16/h13-15H,6-12,17H2,1-5H3. The fraction of sp³-hybridized carbons (Fsp3) is 1.00. The van der Waals surface area contributed by atoms with Gasteiger partial charge in [0.2, 0.25) is 0 Å². The van der Waals surface area contributed by atoms with Crippen LogP contribution in [0.4, 0.5) is 0 Å². The number of hydrogen-bond donors (Lipinski definition) is 1. The van der Waals surface area contributed by atoms with Gasteiger partial charge in [-0.3, -0.25) is 4.90 Å². The molecular formula is C16H34N2. The Morgan fingerprint density at radius 2 is 1.89 bits per heavy atom. The topological polar surface area (TPSA) is 29.3 Å². The summed E-state index contributed by atoms with van der Waals surface area (Å²) in [6.07, 6.45) is 6.45. The fourth-order valence-electron chi connectivity index (χ4n) is 3.78. The van der Waals surface area contributed by atoms with E-state index < -0.39 is 0 Å². The molecule has 0 radical (unpaired) electrons. The number of nitrogens with zero attached hydrogens (tertiary/aromatic N) is 1. The van der Waals surface area contributed by atoms with Crippen molar-refractivity contribution >= 4 is 0 Å². The van der Waals surface area contributed by atoms with E-state index in [0.717, 1.165) is 18.4 Å². The average Bonchev–Trinajstić information content (AvgIpc) is 2.72. The van der Waals surface area contributed by atoms with Crippen molar-refractivity contribution in [2.24, 2.45) is 17.6 Å². The van der Waals surface area contributed by atoms with Crippen LogP contribution in [-0.4, -0.2) is 29.6 Å². The van der Waals surface area contributed by atoms with Crippen LogP contribution >= 0.6 is 0 Å².